The molecule has 0 aromatic heterocycles. The van der Waals surface area contributed by atoms with Gasteiger partial charge in [-0.2, -0.15) is 0 Å². The van der Waals surface area contributed by atoms with Crippen molar-refractivity contribution in [1.82, 2.24) is 5.32 Å². The van der Waals surface area contributed by atoms with E-state index >= 15 is 0 Å². The number of ether oxygens (including phenoxy) is 1. The predicted molar refractivity (Wildman–Crippen MR) is 52.8 cm³/mol. The van der Waals surface area contributed by atoms with Crippen LogP contribution < -0.4 is 11.1 Å². The van der Waals surface area contributed by atoms with Crippen LogP contribution in [0, 0.1) is 0 Å². The number of rotatable bonds is 5. The molecule has 4 nitrogen and oxygen atoms in total. The summed E-state index contributed by atoms with van der Waals surface area (Å²) < 4.78 is 4.74. The van der Waals surface area contributed by atoms with E-state index in [-0.39, 0.29) is 20.1 Å². The summed E-state index contributed by atoms with van der Waals surface area (Å²) in [5.41, 5.74) is 5.46. The molecule has 5 heteroatoms. The summed E-state index contributed by atoms with van der Waals surface area (Å²) in [6.45, 7) is 2.24. The van der Waals surface area contributed by atoms with Gasteiger partial charge in [0.05, 0.1) is 19.6 Å². The van der Waals surface area contributed by atoms with Crippen molar-refractivity contribution in [3.05, 3.63) is 0 Å². The quantitative estimate of drug-likeness (QED) is 0.580. The van der Waals surface area contributed by atoms with Crippen LogP contribution in [0.5, 0.6) is 0 Å². The van der Waals surface area contributed by atoms with Crippen molar-refractivity contribution in [1.29, 1.82) is 0 Å². The second-order valence-electron chi connectivity index (χ2n) is 2.62. The summed E-state index contributed by atoms with van der Waals surface area (Å²) in [6.07, 6.45) is 4.41. The largest absolute Gasteiger partial charge is 0.383 e. The Balaban J connectivity index is 3.64. The van der Waals surface area contributed by atoms with Crippen LogP contribution in [0.15, 0.2) is 0 Å². The highest BCUT2D eigenvalue weighted by atomic mass is 31.1. The van der Waals surface area contributed by atoms with Gasteiger partial charge in [-0.1, -0.05) is 0 Å². The van der Waals surface area contributed by atoms with Crippen LogP contribution >= 0.6 is 7.55 Å². The molecule has 12 heavy (non-hydrogen) atoms. The molecule has 0 rings (SSSR count). The molecule has 70 valence electrons. The van der Waals surface area contributed by atoms with Crippen molar-refractivity contribution in [3.63, 3.8) is 0 Å². The Kier molecular flexibility index (Phi) is 5.89. The highest BCUT2D eigenvalue weighted by Gasteiger charge is 2.13. The van der Waals surface area contributed by atoms with Crippen molar-refractivity contribution in [2.75, 3.05) is 26.7 Å². The molecule has 0 saturated carbocycles. The number of nitrogens with two attached hydrogens (primary N) is 1. The van der Waals surface area contributed by atoms with E-state index in [0.29, 0.717) is 6.29 Å². The van der Waals surface area contributed by atoms with Gasteiger partial charge in [0.15, 0.2) is 6.29 Å². The summed E-state index contributed by atoms with van der Waals surface area (Å²) in [6, 6.07) is -0.565. The Morgan fingerprint density at radius 3 is 2.83 bits per heavy atom. The Morgan fingerprint density at radius 2 is 2.42 bits per heavy atom. The lowest BCUT2D eigenvalue weighted by atomic mass is 10.3. The smallest absolute Gasteiger partial charge is 0.242 e. The summed E-state index contributed by atoms with van der Waals surface area (Å²) in [4.78, 5) is 11.1. The van der Waals surface area contributed by atoms with Crippen molar-refractivity contribution < 1.29 is 9.53 Å². The fourth-order valence-electron chi connectivity index (χ4n) is 0.599. The Morgan fingerprint density at radius 1 is 1.83 bits per heavy atom. The minimum atomic E-state index is -0.565. The summed E-state index contributed by atoms with van der Waals surface area (Å²) in [5.74, 6) is -0.171. The molecular formula is C7H16N2O2P+. The monoisotopic (exact) mass is 191 g/mol. The van der Waals surface area contributed by atoms with Crippen LogP contribution in [0.1, 0.15) is 0 Å². The molecule has 0 bridgehead atoms. The summed E-state index contributed by atoms with van der Waals surface area (Å²) >= 11 is 0. The average Bonchev–Trinajstić information content (AvgIpc) is 2.00. The van der Waals surface area contributed by atoms with E-state index in [2.05, 4.69) is 11.6 Å². The molecule has 0 spiro atoms. The molecule has 2 unspecified atom stereocenters. The standard InChI is InChI=1S/C7H15N2O2P/c1-11-4-6(8)7(10)9-5-12(2)3/h6H,2,4-5,8H2,1,3H3/p+1. The van der Waals surface area contributed by atoms with Crippen molar-refractivity contribution in [3.8, 4) is 0 Å². The highest BCUT2D eigenvalue weighted by molar-refractivity contribution is 7.54. The van der Waals surface area contributed by atoms with Gasteiger partial charge in [-0.3, -0.25) is 4.79 Å². The van der Waals surface area contributed by atoms with Crippen molar-refractivity contribution in [2.24, 2.45) is 5.73 Å². The first-order valence-corrected chi connectivity index (χ1v) is 5.77. The van der Waals surface area contributed by atoms with Gasteiger partial charge >= 0.3 is 0 Å². The van der Waals surface area contributed by atoms with Crippen LogP contribution in [-0.2, 0) is 9.53 Å². The molecule has 0 saturated heterocycles. The minimum Gasteiger partial charge on any atom is -0.383 e. The van der Waals surface area contributed by atoms with E-state index in [4.69, 9.17) is 10.5 Å². The average molecular weight is 191 g/mol. The van der Waals surface area contributed by atoms with E-state index in [1.165, 1.54) is 7.11 Å². The topological polar surface area (TPSA) is 64.4 Å². The van der Waals surface area contributed by atoms with Gasteiger partial charge < -0.3 is 15.8 Å². The zero-order valence-electron chi connectivity index (χ0n) is 7.54. The lowest BCUT2D eigenvalue weighted by molar-refractivity contribution is -0.123. The van der Waals surface area contributed by atoms with Crippen molar-refractivity contribution in [2.45, 2.75) is 6.04 Å². The zero-order chi connectivity index (χ0) is 9.56. The van der Waals surface area contributed by atoms with E-state index in [1.807, 2.05) is 6.66 Å². The van der Waals surface area contributed by atoms with E-state index in [0.717, 1.165) is 0 Å². The van der Waals surface area contributed by atoms with E-state index < -0.39 is 6.04 Å². The third kappa shape index (κ3) is 5.24. The maximum Gasteiger partial charge on any atom is 0.242 e. The third-order valence-corrected chi connectivity index (χ3v) is 1.90. The number of hydrogen-bond donors (Lipinski definition) is 2. The Labute approximate surface area is 73.9 Å². The van der Waals surface area contributed by atoms with Gasteiger partial charge in [-0.15, -0.1) is 0 Å². The molecule has 0 aliphatic carbocycles. The molecule has 2 atom stereocenters. The fraction of sp³-hybridized carbons (Fsp3) is 0.714. The maximum atomic E-state index is 11.1. The normalized spacial score (nSPS) is 13.8. The van der Waals surface area contributed by atoms with Gasteiger partial charge in [0.1, 0.15) is 13.6 Å². The summed E-state index contributed by atoms with van der Waals surface area (Å²) in [7, 11) is 1.17. The van der Waals surface area contributed by atoms with Crippen LogP contribution in [0.2, 0.25) is 0 Å². The summed E-state index contributed by atoms with van der Waals surface area (Å²) in [5, 5.41) is 2.69. The molecule has 1 amide bonds. The molecule has 3 N–H and O–H groups in total. The number of nitrogens with one attached hydrogen (secondary N) is 1. The number of carbonyl (C=O) groups excluding carboxylic acids is 1. The molecule has 0 aromatic rings. The number of carbonyl (C=O) groups is 1. The van der Waals surface area contributed by atoms with Crippen molar-refractivity contribution >= 4 is 19.8 Å². The Hall–Kier alpha value is -0.440. The SMILES string of the molecule is C=[P+](C)CNC(=O)C(N)COC. The predicted octanol–water partition coefficient (Wildman–Crippen LogP) is -0.422. The third-order valence-electron chi connectivity index (χ3n) is 1.21. The zero-order valence-corrected chi connectivity index (χ0v) is 8.43. The van der Waals surface area contributed by atoms with Gasteiger partial charge in [0.25, 0.3) is 0 Å². The van der Waals surface area contributed by atoms with E-state index in [9.17, 15) is 4.79 Å². The molecule has 0 radical (unpaired) electrons. The number of methoxy groups -OCH3 is 1. The van der Waals surface area contributed by atoms with Gasteiger partial charge in [0.2, 0.25) is 5.91 Å². The molecule has 0 aliphatic rings. The number of amides is 1. The minimum absolute atomic E-state index is 0.171. The first-order chi connectivity index (χ1) is 5.57. The van der Waals surface area contributed by atoms with Gasteiger partial charge in [-0.05, 0) is 0 Å². The molecule has 0 heterocycles. The molecule has 0 aliphatic heterocycles. The first kappa shape index (κ1) is 11.6. The molecular weight excluding hydrogens is 175 g/mol. The molecule has 0 fully saturated rings. The van der Waals surface area contributed by atoms with Crippen LogP contribution in [0.25, 0.3) is 0 Å². The van der Waals surface area contributed by atoms with Gasteiger partial charge in [-0.25, -0.2) is 0 Å². The van der Waals surface area contributed by atoms with Crippen LogP contribution in [0.3, 0.4) is 0 Å². The first-order valence-electron chi connectivity index (χ1n) is 3.61. The second kappa shape index (κ2) is 6.12. The highest BCUT2D eigenvalue weighted by Crippen LogP contribution is 2.07. The fourth-order valence-corrected chi connectivity index (χ4v) is 1.02. The Bertz CT molecular complexity index is 173. The second-order valence-corrected chi connectivity index (χ2v) is 4.65. The molecule has 0 aromatic carbocycles. The van der Waals surface area contributed by atoms with Gasteiger partial charge in [0, 0.05) is 7.11 Å². The lowest BCUT2D eigenvalue weighted by Crippen LogP contribution is -2.43. The number of hydrogen-bond acceptors (Lipinski definition) is 3. The van der Waals surface area contributed by atoms with Crippen LogP contribution in [0.4, 0.5) is 0 Å². The maximum absolute atomic E-state index is 11.1. The van der Waals surface area contributed by atoms with E-state index in [1.54, 1.807) is 0 Å². The van der Waals surface area contributed by atoms with Crippen LogP contribution in [-0.4, -0.2) is 44.9 Å². The lowest BCUT2D eigenvalue weighted by Gasteiger charge is -2.08.